The summed E-state index contributed by atoms with van der Waals surface area (Å²) in [6.45, 7) is 1.12. The van der Waals surface area contributed by atoms with Crippen LogP contribution in [0.1, 0.15) is 23.1 Å². The Hall–Kier alpha value is -2.13. The molecule has 0 saturated carbocycles. The van der Waals surface area contributed by atoms with Crippen molar-refractivity contribution in [2.24, 2.45) is 0 Å². The van der Waals surface area contributed by atoms with E-state index in [0.717, 1.165) is 6.54 Å². The lowest BCUT2D eigenvalue weighted by atomic mass is 9.87. The van der Waals surface area contributed by atoms with Crippen LogP contribution in [0.15, 0.2) is 60.7 Å². The number of carbonyl (C=O) groups is 1. The van der Waals surface area contributed by atoms with Crippen molar-refractivity contribution in [1.82, 2.24) is 10.2 Å². The normalized spacial score (nSPS) is 22.9. The number of benzene rings is 2. The van der Waals surface area contributed by atoms with Crippen molar-refractivity contribution in [3.05, 3.63) is 71.8 Å². The Morgan fingerprint density at radius 2 is 1.52 bits per heavy atom. The van der Waals surface area contributed by atoms with Crippen LogP contribution in [-0.4, -0.2) is 30.9 Å². The molecule has 0 spiro atoms. The summed E-state index contributed by atoms with van der Waals surface area (Å²) in [5, 5.41) is 3.44. The van der Waals surface area contributed by atoms with Crippen molar-refractivity contribution in [1.29, 1.82) is 0 Å². The van der Waals surface area contributed by atoms with E-state index in [4.69, 9.17) is 0 Å². The fraction of sp³-hybridized carbons (Fsp3) is 0.278. The van der Waals surface area contributed by atoms with Gasteiger partial charge in [-0.1, -0.05) is 60.7 Å². The third-order valence-corrected chi connectivity index (χ3v) is 4.16. The predicted octanol–water partition coefficient (Wildman–Crippen LogP) is 2.57. The quantitative estimate of drug-likeness (QED) is 0.917. The van der Waals surface area contributed by atoms with Crippen LogP contribution >= 0.6 is 0 Å². The van der Waals surface area contributed by atoms with Gasteiger partial charge in [0.2, 0.25) is 5.91 Å². The lowest BCUT2D eigenvalue weighted by Crippen LogP contribution is -2.31. The molecule has 1 N–H and O–H groups in total. The molecule has 0 aromatic heterocycles. The maximum atomic E-state index is 12.0. The van der Waals surface area contributed by atoms with Crippen molar-refractivity contribution in [2.45, 2.75) is 12.0 Å². The van der Waals surface area contributed by atoms with Crippen LogP contribution in [0.5, 0.6) is 0 Å². The van der Waals surface area contributed by atoms with Crippen LogP contribution in [0.4, 0.5) is 0 Å². The maximum absolute atomic E-state index is 12.0. The third-order valence-electron chi connectivity index (χ3n) is 4.16. The van der Waals surface area contributed by atoms with Gasteiger partial charge >= 0.3 is 0 Å². The van der Waals surface area contributed by atoms with Crippen molar-refractivity contribution >= 4 is 5.91 Å². The summed E-state index contributed by atoms with van der Waals surface area (Å²) in [4.78, 5) is 13.9. The van der Waals surface area contributed by atoms with Crippen LogP contribution in [0.2, 0.25) is 0 Å². The van der Waals surface area contributed by atoms with Gasteiger partial charge in [-0.3, -0.25) is 4.79 Å². The molecule has 1 aliphatic heterocycles. The van der Waals surface area contributed by atoms with E-state index in [9.17, 15) is 4.79 Å². The average Bonchev–Trinajstić information content (AvgIpc) is 2.69. The molecule has 1 saturated heterocycles. The van der Waals surface area contributed by atoms with Crippen LogP contribution in [0, 0.1) is 0 Å². The number of hydrogen-bond donors (Lipinski definition) is 1. The summed E-state index contributed by atoms with van der Waals surface area (Å²) in [5.74, 6) is 0.402. The smallest absolute Gasteiger partial charge is 0.236 e. The Bertz CT molecular complexity index is 597. The van der Waals surface area contributed by atoms with Gasteiger partial charge < -0.3 is 10.2 Å². The topological polar surface area (TPSA) is 32.3 Å². The van der Waals surface area contributed by atoms with Gasteiger partial charge in [0.1, 0.15) is 0 Å². The molecule has 1 amide bonds. The standard InChI is InChI=1S/C18H20N2O/c1-20-13-16(14-8-4-2-5-9-14)18(19-12-17(20)21)15-10-6-3-7-11-15/h2-11,16,18-19H,12-13H2,1H3/t16-,18+/m0/s1. The number of hydrogen-bond acceptors (Lipinski definition) is 2. The molecule has 2 aromatic rings. The fourth-order valence-corrected chi connectivity index (χ4v) is 2.99. The van der Waals surface area contributed by atoms with Crippen LogP contribution in [0.3, 0.4) is 0 Å². The van der Waals surface area contributed by atoms with Crippen LogP contribution in [-0.2, 0) is 4.79 Å². The Labute approximate surface area is 125 Å². The SMILES string of the molecule is CN1C[C@@H](c2ccccc2)[C@@H](c2ccccc2)NCC1=O. The molecule has 108 valence electrons. The van der Waals surface area contributed by atoms with Gasteiger partial charge in [-0.2, -0.15) is 0 Å². The van der Waals surface area contributed by atoms with Crippen molar-refractivity contribution < 1.29 is 4.79 Å². The summed E-state index contributed by atoms with van der Waals surface area (Å²) >= 11 is 0. The molecule has 1 fully saturated rings. The van der Waals surface area contributed by atoms with Crippen LogP contribution < -0.4 is 5.32 Å². The second-order valence-electron chi connectivity index (χ2n) is 5.56. The minimum absolute atomic E-state index is 0.148. The zero-order valence-corrected chi connectivity index (χ0v) is 12.2. The van der Waals surface area contributed by atoms with E-state index in [1.807, 2.05) is 24.1 Å². The van der Waals surface area contributed by atoms with E-state index in [0.29, 0.717) is 6.54 Å². The van der Waals surface area contributed by atoms with E-state index >= 15 is 0 Å². The summed E-state index contributed by atoms with van der Waals surface area (Å²) < 4.78 is 0. The molecule has 0 radical (unpaired) electrons. The number of nitrogens with zero attached hydrogens (tertiary/aromatic N) is 1. The lowest BCUT2D eigenvalue weighted by Gasteiger charge is -2.28. The molecule has 0 bridgehead atoms. The number of likely N-dealkylation sites (N-methyl/N-ethyl adjacent to an activating group) is 1. The van der Waals surface area contributed by atoms with Gasteiger partial charge in [0, 0.05) is 25.6 Å². The minimum Gasteiger partial charge on any atom is -0.344 e. The van der Waals surface area contributed by atoms with Crippen molar-refractivity contribution in [2.75, 3.05) is 20.1 Å². The number of amides is 1. The summed E-state index contributed by atoms with van der Waals surface area (Å²) in [6, 6.07) is 21.0. The molecule has 3 rings (SSSR count). The first-order chi connectivity index (χ1) is 10.3. The zero-order valence-electron chi connectivity index (χ0n) is 12.2. The van der Waals surface area contributed by atoms with Gasteiger partial charge in [-0.05, 0) is 11.1 Å². The molecular formula is C18H20N2O. The fourth-order valence-electron chi connectivity index (χ4n) is 2.99. The first kappa shape index (κ1) is 13.8. The van der Waals surface area contributed by atoms with E-state index in [2.05, 4.69) is 53.8 Å². The molecule has 0 aliphatic carbocycles. The lowest BCUT2D eigenvalue weighted by molar-refractivity contribution is -0.128. The second kappa shape index (κ2) is 6.10. The van der Waals surface area contributed by atoms with Crippen molar-refractivity contribution in [3.8, 4) is 0 Å². The Balaban J connectivity index is 1.99. The van der Waals surface area contributed by atoms with E-state index in [-0.39, 0.29) is 17.9 Å². The van der Waals surface area contributed by atoms with E-state index in [1.54, 1.807) is 0 Å². The highest BCUT2D eigenvalue weighted by atomic mass is 16.2. The minimum atomic E-state index is 0.148. The molecule has 3 nitrogen and oxygen atoms in total. The molecular weight excluding hydrogens is 260 g/mol. The molecule has 2 aromatic carbocycles. The van der Waals surface area contributed by atoms with Gasteiger partial charge in [0.05, 0.1) is 6.54 Å². The molecule has 1 aliphatic rings. The second-order valence-corrected chi connectivity index (χ2v) is 5.56. The predicted molar refractivity (Wildman–Crippen MR) is 84.0 cm³/mol. The molecule has 21 heavy (non-hydrogen) atoms. The Morgan fingerprint density at radius 3 is 2.14 bits per heavy atom. The zero-order chi connectivity index (χ0) is 14.7. The summed E-state index contributed by atoms with van der Waals surface area (Å²) in [7, 11) is 1.88. The first-order valence-electron chi connectivity index (χ1n) is 7.33. The highest BCUT2D eigenvalue weighted by molar-refractivity contribution is 5.78. The van der Waals surface area contributed by atoms with Gasteiger partial charge in [0.25, 0.3) is 0 Å². The number of carbonyl (C=O) groups excluding carboxylic acids is 1. The average molecular weight is 280 g/mol. The van der Waals surface area contributed by atoms with Crippen molar-refractivity contribution in [3.63, 3.8) is 0 Å². The monoisotopic (exact) mass is 280 g/mol. The molecule has 3 heteroatoms. The highest BCUT2D eigenvalue weighted by Crippen LogP contribution is 2.32. The van der Waals surface area contributed by atoms with Gasteiger partial charge in [0.15, 0.2) is 0 Å². The molecule has 1 heterocycles. The van der Waals surface area contributed by atoms with Gasteiger partial charge in [-0.25, -0.2) is 0 Å². The molecule has 0 unspecified atom stereocenters. The van der Waals surface area contributed by atoms with E-state index in [1.165, 1.54) is 11.1 Å². The third kappa shape index (κ3) is 2.98. The summed E-state index contributed by atoms with van der Waals surface area (Å²) in [6.07, 6.45) is 0. The highest BCUT2D eigenvalue weighted by Gasteiger charge is 2.30. The first-order valence-corrected chi connectivity index (χ1v) is 7.33. The number of rotatable bonds is 2. The largest absolute Gasteiger partial charge is 0.344 e. The Kier molecular flexibility index (Phi) is 4.02. The molecule has 2 atom stereocenters. The maximum Gasteiger partial charge on any atom is 0.236 e. The summed E-state index contributed by atoms with van der Waals surface area (Å²) in [5.41, 5.74) is 2.50. The van der Waals surface area contributed by atoms with Gasteiger partial charge in [-0.15, -0.1) is 0 Å². The van der Waals surface area contributed by atoms with Crippen LogP contribution in [0.25, 0.3) is 0 Å². The number of nitrogens with one attached hydrogen (secondary N) is 1. The Morgan fingerprint density at radius 1 is 0.952 bits per heavy atom. The van der Waals surface area contributed by atoms with E-state index < -0.39 is 0 Å².